The van der Waals surface area contributed by atoms with Gasteiger partial charge in [0.1, 0.15) is 36.6 Å². The van der Waals surface area contributed by atoms with Crippen LogP contribution >= 0.6 is 0 Å². The second kappa shape index (κ2) is 18.9. The number of anilines is 4. The lowest BCUT2D eigenvalue weighted by Gasteiger charge is -2.31. The monoisotopic (exact) mass is 969 g/mol. The van der Waals surface area contributed by atoms with E-state index in [9.17, 15) is 20.4 Å². The van der Waals surface area contributed by atoms with Gasteiger partial charge in [0.15, 0.2) is 57.9 Å². The zero-order valence-corrected chi connectivity index (χ0v) is 40.4. The Balaban J connectivity index is 0.843. The summed E-state index contributed by atoms with van der Waals surface area (Å²) in [4.78, 5) is 38.7. The standard InChI is InChI=1S/C46H64N16O8/c1-7-23-17-29(69-55-23)37-33(63)35(65)43(67-37)61-21-47-31-39(51-45(53-41(31)61)59-15-13-27(19-59)57(3)4)49-25-9-11-26(12-10-25)50-40-32-42(54-46(52-40)60-16-14-28(20-60)58(5)6)62(22-48-32)44-36(66)34(64)38(68-44)30-18-24(8-2)56-70-30/h17-18,21-22,25-28,33-38,43-44,63-66H,7-16,19-20H2,1-6H3,(H,49,51,53)(H,50,52,54)/t25-,26-,27-,28?,33+,34+,35-,36-,37-,38-,43-,44-/m1/s1. The van der Waals surface area contributed by atoms with Crippen molar-refractivity contribution < 1.29 is 38.9 Å². The van der Waals surface area contributed by atoms with Crippen LogP contribution in [0.15, 0.2) is 33.8 Å². The first-order valence-corrected chi connectivity index (χ1v) is 24.6. The van der Waals surface area contributed by atoms with Crippen LogP contribution in [0.4, 0.5) is 23.5 Å². The van der Waals surface area contributed by atoms with Crippen LogP contribution in [0.5, 0.6) is 0 Å². The summed E-state index contributed by atoms with van der Waals surface area (Å²) in [6.07, 6.45) is 0.606. The number of aliphatic hydroxyl groups excluding tert-OH is 4. The van der Waals surface area contributed by atoms with Crippen LogP contribution in [0, 0.1) is 0 Å². The highest BCUT2D eigenvalue weighted by molar-refractivity contribution is 5.85. The number of likely N-dealkylation sites (N-methyl/N-ethyl adjacent to an activating group) is 2. The molecule has 6 aromatic heterocycles. The number of aromatic nitrogens is 10. The van der Waals surface area contributed by atoms with Crippen molar-refractivity contribution in [3.8, 4) is 0 Å². The van der Waals surface area contributed by atoms with Crippen LogP contribution in [0.25, 0.3) is 22.3 Å². The minimum Gasteiger partial charge on any atom is -0.387 e. The molecular weight excluding hydrogens is 905 g/mol. The van der Waals surface area contributed by atoms with E-state index in [1.54, 1.807) is 33.9 Å². The van der Waals surface area contributed by atoms with Gasteiger partial charge in [0.2, 0.25) is 11.9 Å². The van der Waals surface area contributed by atoms with Gasteiger partial charge in [-0.1, -0.05) is 24.2 Å². The van der Waals surface area contributed by atoms with Crippen LogP contribution in [-0.4, -0.2) is 183 Å². The van der Waals surface area contributed by atoms with Crippen molar-refractivity contribution in [2.75, 3.05) is 74.8 Å². The van der Waals surface area contributed by atoms with Crippen molar-refractivity contribution in [2.24, 2.45) is 0 Å². The van der Waals surface area contributed by atoms with Crippen LogP contribution in [0.1, 0.15) is 99.9 Å². The molecule has 1 aliphatic carbocycles. The number of imidazole rings is 2. The van der Waals surface area contributed by atoms with E-state index in [1.807, 2.05) is 13.8 Å². The van der Waals surface area contributed by atoms with E-state index in [4.69, 9.17) is 48.4 Å². The van der Waals surface area contributed by atoms with Crippen molar-refractivity contribution >= 4 is 45.9 Å². The molecule has 5 aliphatic rings. The fourth-order valence-electron chi connectivity index (χ4n) is 10.6. The third-order valence-corrected chi connectivity index (χ3v) is 15.0. The Kier molecular flexibility index (Phi) is 12.6. The van der Waals surface area contributed by atoms with Gasteiger partial charge >= 0.3 is 0 Å². The molecule has 4 aliphatic heterocycles. The molecule has 6 aromatic rings. The Morgan fingerprint density at radius 1 is 0.586 bits per heavy atom. The van der Waals surface area contributed by atoms with E-state index < -0.39 is 49.1 Å². The zero-order chi connectivity index (χ0) is 48.5. The molecule has 10 atom stereocenters. The number of fused-ring (bicyclic) bond motifs is 2. The third-order valence-electron chi connectivity index (χ3n) is 15.0. The minimum absolute atomic E-state index is 0.0480. The molecule has 376 valence electrons. The number of ether oxygens (including phenoxy) is 2. The van der Waals surface area contributed by atoms with E-state index in [0.29, 0.717) is 82.3 Å². The summed E-state index contributed by atoms with van der Waals surface area (Å²) in [6, 6.07) is 4.25. The summed E-state index contributed by atoms with van der Waals surface area (Å²) in [6.45, 7) is 6.97. The van der Waals surface area contributed by atoms with Crippen molar-refractivity contribution in [3.63, 3.8) is 0 Å². The number of aryl methyl sites for hydroxylation is 2. The summed E-state index contributed by atoms with van der Waals surface area (Å²) in [7, 11) is 8.32. The first-order valence-electron chi connectivity index (χ1n) is 24.6. The number of aliphatic hydroxyl groups is 4. The largest absolute Gasteiger partial charge is 0.387 e. The fourth-order valence-corrected chi connectivity index (χ4v) is 10.6. The summed E-state index contributed by atoms with van der Waals surface area (Å²) in [5, 5.41) is 60.8. The lowest BCUT2D eigenvalue weighted by Crippen LogP contribution is -2.34. The number of rotatable bonds is 14. The number of hydrogen-bond acceptors (Lipinski definition) is 22. The smallest absolute Gasteiger partial charge is 0.229 e. The molecule has 70 heavy (non-hydrogen) atoms. The molecule has 0 radical (unpaired) electrons. The molecule has 6 N–H and O–H groups in total. The highest BCUT2D eigenvalue weighted by Crippen LogP contribution is 2.43. The average Bonchev–Trinajstić information content (AvgIpc) is 4.22. The van der Waals surface area contributed by atoms with E-state index in [2.05, 4.69) is 68.7 Å². The van der Waals surface area contributed by atoms with Crippen LogP contribution in [0.3, 0.4) is 0 Å². The van der Waals surface area contributed by atoms with E-state index >= 15 is 0 Å². The molecule has 0 bridgehead atoms. The molecule has 5 fully saturated rings. The topological polar surface area (TPSA) is 276 Å². The van der Waals surface area contributed by atoms with Gasteiger partial charge in [-0.25, -0.2) is 9.97 Å². The van der Waals surface area contributed by atoms with Crippen molar-refractivity contribution in [1.29, 1.82) is 0 Å². The lowest BCUT2D eigenvalue weighted by molar-refractivity contribution is -0.0434. The van der Waals surface area contributed by atoms with Crippen LogP contribution < -0.4 is 20.4 Å². The van der Waals surface area contributed by atoms with E-state index in [1.165, 1.54) is 0 Å². The van der Waals surface area contributed by atoms with Gasteiger partial charge in [-0.05, 0) is 79.6 Å². The molecule has 10 heterocycles. The molecule has 11 rings (SSSR count). The van der Waals surface area contributed by atoms with Gasteiger partial charge < -0.3 is 69.2 Å². The Morgan fingerprint density at radius 2 is 1.00 bits per heavy atom. The molecule has 0 aromatic carbocycles. The van der Waals surface area contributed by atoms with E-state index in [-0.39, 0.29) is 12.1 Å². The van der Waals surface area contributed by atoms with Gasteiger partial charge in [0, 0.05) is 62.5 Å². The quantitative estimate of drug-likeness (QED) is 0.0913. The van der Waals surface area contributed by atoms with Crippen LogP contribution in [-0.2, 0) is 22.3 Å². The Hall–Kier alpha value is -5.60. The van der Waals surface area contributed by atoms with Gasteiger partial charge in [-0.2, -0.15) is 19.9 Å². The maximum atomic E-state index is 11.4. The highest BCUT2D eigenvalue weighted by Gasteiger charge is 2.48. The second-order valence-corrected chi connectivity index (χ2v) is 19.9. The fraction of sp³-hybridized carbons (Fsp3) is 0.652. The maximum absolute atomic E-state index is 11.4. The lowest BCUT2D eigenvalue weighted by atomic mass is 9.91. The molecule has 1 unspecified atom stereocenters. The number of nitrogens with zero attached hydrogens (tertiary/aromatic N) is 14. The first kappa shape index (κ1) is 46.8. The van der Waals surface area contributed by atoms with Gasteiger partial charge in [-0.3, -0.25) is 9.13 Å². The Morgan fingerprint density at radius 3 is 1.36 bits per heavy atom. The predicted octanol–water partition coefficient (Wildman–Crippen LogP) is 2.17. The highest BCUT2D eigenvalue weighted by atomic mass is 16.6. The van der Waals surface area contributed by atoms with Crippen molar-refractivity contribution in [2.45, 2.75) is 138 Å². The maximum Gasteiger partial charge on any atom is 0.229 e. The van der Waals surface area contributed by atoms with Crippen LogP contribution in [0.2, 0.25) is 0 Å². The second-order valence-electron chi connectivity index (χ2n) is 19.9. The molecule has 4 saturated heterocycles. The zero-order valence-electron chi connectivity index (χ0n) is 40.4. The number of nitrogens with one attached hydrogen (secondary N) is 2. The molecular formula is C46H64N16O8. The Bertz CT molecular complexity index is 2600. The molecule has 1 saturated carbocycles. The normalized spacial score (nSPS) is 30.6. The molecule has 0 spiro atoms. The molecule has 24 heteroatoms. The Labute approximate surface area is 404 Å². The predicted molar refractivity (Wildman–Crippen MR) is 254 cm³/mol. The summed E-state index contributed by atoms with van der Waals surface area (Å²) < 4.78 is 27.0. The summed E-state index contributed by atoms with van der Waals surface area (Å²) in [5.41, 5.74) is 3.45. The number of hydrogen-bond donors (Lipinski definition) is 6. The summed E-state index contributed by atoms with van der Waals surface area (Å²) >= 11 is 0. The van der Waals surface area contributed by atoms with Gasteiger partial charge in [0.25, 0.3) is 0 Å². The minimum atomic E-state index is -1.30. The van der Waals surface area contributed by atoms with Crippen molar-refractivity contribution in [3.05, 3.63) is 47.7 Å². The van der Waals surface area contributed by atoms with Gasteiger partial charge in [-0.15, -0.1) is 0 Å². The van der Waals surface area contributed by atoms with Crippen molar-refractivity contribution in [1.82, 2.24) is 59.2 Å². The molecule has 24 nitrogen and oxygen atoms in total. The first-order chi connectivity index (χ1) is 33.8. The summed E-state index contributed by atoms with van der Waals surface area (Å²) in [5.74, 6) is 2.95. The van der Waals surface area contributed by atoms with Gasteiger partial charge in [0.05, 0.1) is 24.0 Å². The SMILES string of the molecule is CCc1cc([C@H]2O[C@@H](n3cnc4c(N[C@H]5CC[C@H](Nc6nc(N7CC[C@@H](N(C)C)C7)nc7c6ncn7[C@@H]6O[C@H](c7cc(CC)no7)[C@@H](O)[C@H]6O)CC5)nc(N5CCC(N(C)C)C5)nc43)[C@H](O)[C@@H]2O)on1. The molecule has 0 amide bonds. The third kappa shape index (κ3) is 8.50. The average molecular weight is 969 g/mol. The van der Waals surface area contributed by atoms with E-state index in [0.717, 1.165) is 76.1 Å².